The highest BCUT2D eigenvalue weighted by molar-refractivity contribution is 6.92. The Hall–Kier alpha value is 0.810. The van der Waals surface area contributed by atoms with Gasteiger partial charge >= 0.3 is 0 Å². The molecule has 0 saturated heterocycles. The maximum Gasteiger partial charge on any atom is 0.0420 e. The summed E-state index contributed by atoms with van der Waals surface area (Å²) in [5.41, 5.74) is 0. The van der Waals surface area contributed by atoms with E-state index >= 15 is 0 Å². The lowest BCUT2D eigenvalue weighted by Crippen LogP contribution is -1.61. The van der Waals surface area contributed by atoms with Gasteiger partial charge in [0.1, 0.15) is 0 Å². The quantitative estimate of drug-likeness (QED) is 0.616. The number of halogens is 4. The molecule has 11 heavy (non-hydrogen) atoms. The zero-order valence-electron chi connectivity index (χ0n) is 5.59. The first-order valence-corrected chi connectivity index (χ1v) is 2.96. The van der Waals surface area contributed by atoms with Gasteiger partial charge in [-0.3, -0.25) is 0 Å². The highest BCUT2D eigenvalue weighted by Crippen LogP contribution is 2.13. The van der Waals surface area contributed by atoms with Crippen molar-refractivity contribution in [2.24, 2.45) is 0 Å². The lowest BCUT2D eigenvalue weighted by atomic mass is 10.4. The average molecular weight is 254 g/mol. The van der Waals surface area contributed by atoms with Crippen LogP contribution < -0.4 is 0 Å². The molecule has 1 rings (SSSR count). The summed E-state index contributed by atoms with van der Waals surface area (Å²) in [4.78, 5) is 0. The molecule has 0 N–H and O–H groups in total. The fraction of sp³-hybridized carbons (Fsp3) is 0. The Morgan fingerprint density at radius 3 is 1.45 bits per heavy atom. The fourth-order valence-electron chi connectivity index (χ4n) is 0.460. The van der Waals surface area contributed by atoms with Crippen molar-refractivity contribution < 1.29 is 0 Å². The summed E-state index contributed by atoms with van der Waals surface area (Å²) < 4.78 is 0. The van der Waals surface area contributed by atoms with Crippen LogP contribution in [-0.4, -0.2) is 0 Å². The molecular weight excluding hydrogens is 245 g/mol. The van der Waals surface area contributed by atoms with Crippen molar-refractivity contribution in [1.29, 1.82) is 0 Å². The van der Waals surface area contributed by atoms with Crippen LogP contribution in [0.1, 0.15) is 0 Å². The number of hydrogen-bond donors (Lipinski definition) is 0. The molecule has 0 saturated carbocycles. The first kappa shape index (κ1) is 17.8. The molecular formula is C6H9Cl4P. The molecule has 0 radical (unpaired) electrons. The van der Waals surface area contributed by atoms with E-state index in [9.17, 15) is 0 Å². The molecule has 1 aromatic carbocycles. The van der Waals surface area contributed by atoms with Crippen LogP contribution in [0.4, 0.5) is 0 Å². The molecule has 0 bridgehead atoms. The standard InChI is InChI=1S/C6H4Cl2.2ClH.H3P/c7-5-2-1-3-6(8)4-5;;;/h1-4H;2*1H;1H3. The van der Waals surface area contributed by atoms with Gasteiger partial charge in [0.25, 0.3) is 0 Å². The fourth-order valence-corrected chi connectivity index (χ4v) is 0.896. The smallest absolute Gasteiger partial charge is 0.0420 e. The molecule has 1 atom stereocenters. The number of hydrogen-bond acceptors (Lipinski definition) is 0. The van der Waals surface area contributed by atoms with Crippen molar-refractivity contribution in [3.05, 3.63) is 34.3 Å². The third-order valence-corrected chi connectivity index (χ3v) is 1.26. The zero-order chi connectivity index (χ0) is 5.98. The molecule has 0 aromatic heterocycles. The van der Waals surface area contributed by atoms with E-state index in [-0.39, 0.29) is 34.7 Å². The Bertz CT molecular complexity index is 174. The summed E-state index contributed by atoms with van der Waals surface area (Å²) in [5, 5.41) is 1.36. The van der Waals surface area contributed by atoms with Crippen LogP contribution in [0.2, 0.25) is 10.0 Å². The third-order valence-electron chi connectivity index (χ3n) is 0.787. The molecule has 0 fully saturated rings. The summed E-state index contributed by atoms with van der Waals surface area (Å²) in [6.07, 6.45) is 0. The predicted molar refractivity (Wildman–Crippen MR) is 62.1 cm³/mol. The van der Waals surface area contributed by atoms with Crippen molar-refractivity contribution in [3.8, 4) is 0 Å². The van der Waals surface area contributed by atoms with Crippen LogP contribution in [0, 0.1) is 0 Å². The molecule has 0 spiro atoms. The summed E-state index contributed by atoms with van der Waals surface area (Å²) in [6.45, 7) is 0. The molecule has 0 nitrogen and oxygen atoms in total. The van der Waals surface area contributed by atoms with Crippen LogP contribution in [0.5, 0.6) is 0 Å². The lowest BCUT2D eigenvalue weighted by molar-refractivity contribution is 1.71. The molecule has 0 aliphatic rings. The van der Waals surface area contributed by atoms with E-state index in [2.05, 4.69) is 0 Å². The Labute approximate surface area is 92.1 Å². The van der Waals surface area contributed by atoms with E-state index < -0.39 is 0 Å². The zero-order valence-corrected chi connectivity index (χ0v) is 10.1. The van der Waals surface area contributed by atoms with Gasteiger partial charge < -0.3 is 0 Å². The minimum absolute atomic E-state index is 0. The van der Waals surface area contributed by atoms with Crippen LogP contribution in [0.25, 0.3) is 0 Å². The van der Waals surface area contributed by atoms with E-state index in [1.807, 2.05) is 6.07 Å². The topological polar surface area (TPSA) is 0 Å². The Morgan fingerprint density at radius 1 is 0.909 bits per heavy atom. The Morgan fingerprint density at radius 2 is 1.27 bits per heavy atom. The van der Waals surface area contributed by atoms with Gasteiger partial charge in [0.2, 0.25) is 0 Å². The van der Waals surface area contributed by atoms with E-state index in [0.29, 0.717) is 10.0 Å². The molecule has 0 heterocycles. The van der Waals surface area contributed by atoms with Gasteiger partial charge in [0.15, 0.2) is 0 Å². The number of rotatable bonds is 0. The predicted octanol–water partition coefficient (Wildman–Crippen LogP) is 3.90. The van der Waals surface area contributed by atoms with E-state index in [1.54, 1.807) is 18.2 Å². The Balaban J connectivity index is -0.000000213. The first-order valence-electron chi connectivity index (χ1n) is 2.20. The highest BCUT2D eigenvalue weighted by atomic mass is 35.5. The van der Waals surface area contributed by atoms with Crippen molar-refractivity contribution in [3.63, 3.8) is 0 Å². The van der Waals surface area contributed by atoms with E-state index in [1.165, 1.54) is 0 Å². The molecule has 1 unspecified atom stereocenters. The lowest BCUT2D eigenvalue weighted by Gasteiger charge is -1.86. The monoisotopic (exact) mass is 252 g/mol. The SMILES string of the molecule is Cl.Cl.Clc1cccc(Cl)c1.P. The minimum Gasteiger partial charge on any atom is -0.153 e. The highest BCUT2D eigenvalue weighted by Gasteiger charge is 1.84. The summed E-state index contributed by atoms with van der Waals surface area (Å²) >= 11 is 11.1. The molecule has 0 aliphatic carbocycles. The molecule has 5 heteroatoms. The van der Waals surface area contributed by atoms with Gasteiger partial charge in [0, 0.05) is 10.0 Å². The van der Waals surface area contributed by atoms with Gasteiger partial charge in [-0.2, -0.15) is 9.90 Å². The van der Waals surface area contributed by atoms with Crippen molar-refractivity contribution in [2.45, 2.75) is 0 Å². The van der Waals surface area contributed by atoms with Gasteiger partial charge in [-0.1, -0.05) is 29.3 Å². The van der Waals surface area contributed by atoms with Crippen molar-refractivity contribution in [1.82, 2.24) is 0 Å². The van der Waals surface area contributed by atoms with Gasteiger partial charge in [-0.05, 0) is 18.2 Å². The second kappa shape index (κ2) is 8.90. The van der Waals surface area contributed by atoms with Crippen LogP contribution >= 0.6 is 57.9 Å². The molecule has 1 aromatic rings. The second-order valence-corrected chi connectivity index (χ2v) is 2.31. The third kappa shape index (κ3) is 7.18. The van der Waals surface area contributed by atoms with Gasteiger partial charge in [-0.15, -0.1) is 24.8 Å². The Kier molecular flexibility index (Phi) is 14.4. The van der Waals surface area contributed by atoms with Gasteiger partial charge in [-0.25, -0.2) is 0 Å². The summed E-state index contributed by atoms with van der Waals surface area (Å²) in [5.74, 6) is 0. The largest absolute Gasteiger partial charge is 0.153 e. The normalized spacial score (nSPS) is 6.73. The van der Waals surface area contributed by atoms with Crippen LogP contribution in [0.15, 0.2) is 24.3 Å². The average Bonchev–Trinajstić information content (AvgIpc) is 1.64. The maximum atomic E-state index is 5.56. The van der Waals surface area contributed by atoms with Crippen LogP contribution in [0.3, 0.4) is 0 Å². The maximum absolute atomic E-state index is 5.56. The van der Waals surface area contributed by atoms with Crippen LogP contribution in [-0.2, 0) is 0 Å². The molecule has 0 amide bonds. The van der Waals surface area contributed by atoms with Crippen molar-refractivity contribution >= 4 is 57.9 Å². The summed E-state index contributed by atoms with van der Waals surface area (Å²) in [7, 11) is 0. The van der Waals surface area contributed by atoms with Crippen molar-refractivity contribution in [2.75, 3.05) is 0 Å². The number of benzene rings is 1. The second-order valence-electron chi connectivity index (χ2n) is 1.44. The van der Waals surface area contributed by atoms with E-state index in [0.717, 1.165) is 0 Å². The molecule has 0 aliphatic heterocycles. The summed E-state index contributed by atoms with van der Waals surface area (Å²) in [6, 6.07) is 7.08. The minimum atomic E-state index is 0. The molecule has 66 valence electrons. The van der Waals surface area contributed by atoms with E-state index in [4.69, 9.17) is 23.2 Å². The first-order chi connectivity index (χ1) is 3.79. The van der Waals surface area contributed by atoms with Gasteiger partial charge in [0.05, 0.1) is 0 Å².